The zero-order chi connectivity index (χ0) is 19.3. The lowest BCUT2D eigenvalue weighted by molar-refractivity contribution is 0.174. The van der Waals surface area contributed by atoms with Gasteiger partial charge in [-0.05, 0) is 48.2 Å². The van der Waals surface area contributed by atoms with Crippen molar-refractivity contribution in [2.24, 2.45) is 0 Å². The van der Waals surface area contributed by atoms with Crippen LogP contribution in [0.4, 0.5) is 0 Å². The SMILES string of the molecule is [2H][C@@H]1c2c(ccc(OC)c2OCCC)C=C2c3cc4c(cc3CCN21)OCO4. The van der Waals surface area contributed by atoms with Gasteiger partial charge in [-0.15, -0.1) is 0 Å². The predicted molar refractivity (Wildman–Crippen MR) is 103 cm³/mol. The summed E-state index contributed by atoms with van der Waals surface area (Å²) in [5.74, 6) is 2.96. The van der Waals surface area contributed by atoms with E-state index >= 15 is 0 Å². The fourth-order valence-electron chi connectivity index (χ4n) is 3.91. The molecule has 3 aliphatic rings. The second-order valence-corrected chi connectivity index (χ2v) is 6.91. The van der Waals surface area contributed by atoms with Crippen LogP contribution in [0.1, 0.15) is 37.0 Å². The van der Waals surface area contributed by atoms with Crippen molar-refractivity contribution in [3.8, 4) is 23.0 Å². The summed E-state index contributed by atoms with van der Waals surface area (Å²) in [6, 6.07) is 8.06. The Hall–Kier alpha value is -2.82. The van der Waals surface area contributed by atoms with Gasteiger partial charge in [0, 0.05) is 29.9 Å². The summed E-state index contributed by atoms with van der Waals surface area (Å²) in [5, 5.41) is 0. The lowest BCUT2D eigenvalue weighted by atomic mass is 9.90. The molecule has 3 heterocycles. The summed E-state index contributed by atoms with van der Waals surface area (Å²) in [6.45, 7) is 3.17. The van der Waals surface area contributed by atoms with E-state index < -0.39 is 6.52 Å². The fourth-order valence-corrected chi connectivity index (χ4v) is 3.91. The number of methoxy groups -OCH3 is 1. The molecule has 27 heavy (non-hydrogen) atoms. The highest BCUT2D eigenvalue weighted by atomic mass is 16.7. The Labute approximate surface area is 160 Å². The van der Waals surface area contributed by atoms with Crippen molar-refractivity contribution >= 4 is 11.8 Å². The molecule has 0 spiro atoms. The van der Waals surface area contributed by atoms with Crippen LogP contribution in [0.15, 0.2) is 24.3 Å². The Balaban J connectivity index is 1.65. The van der Waals surface area contributed by atoms with Crippen molar-refractivity contribution in [2.45, 2.75) is 26.3 Å². The molecule has 2 aromatic rings. The molecule has 2 aromatic carbocycles. The van der Waals surface area contributed by atoms with E-state index in [0.717, 1.165) is 53.3 Å². The van der Waals surface area contributed by atoms with Crippen molar-refractivity contribution < 1.29 is 20.3 Å². The van der Waals surface area contributed by atoms with Crippen LogP contribution in [-0.2, 0) is 12.9 Å². The molecular weight excluding hydrogens is 342 g/mol. The quantitative estimate of drug-likeness (QED) is 0.815. The minimum atomic E-state index is -0.546. The number of rotatable bonds is 4. The molecule has 0 radical (unpaired) electrons. The highest BCUT2D eigenvalue weighted by Crippen LogP contribution is 2.45. The molecule has 0 amide bonds. The Kier molecular flexibility index (Phi) is 3.62. The van der Waals surface area contributed by atoms with E-state index in [2.05, 4.69) is 24.0 Å². The second-order valence-electron chi connectivity index (χ2n) is 6.91. The van der Waals surface area contributed by atoms with Gasteiger partial charge >= 0.3 is 0 Å². The third-order valence-corrected chi connectivity index (χ3v) is 5.25. The first kappa shape index (κ1) is 15.3. The Morgan fingerprint density at radius 1 is 1.22 bits per heavy atom. The number of benzene rings is 2. The van der Waals surface area contributed by atoms with Crippen molar-refractivity contribution in [1.29, 1.82) is 0 Å². The molecule has 0 saturated heterocycles. The van der Waals surface area contributed by atoms with E-state index in [0.29, 0.717) is 18.1 Å². The molecule has 140 valence electrons. The first-order chi connectivity index (χ1) is 13.7. The zero-order valence-electron chi connectivity index (χ0n) is 16.6. The average molecular weight is 366 g/mol. The molecular formula is C22H23NO4. The average Bonchev–Trinajstić information content (AvgIpc) is 3.17. The molecule has 5 nitrogen and oxygen atoms in total. The number of hydrogen-bond acceptors (Lipinski definition) is 5. The first-order valence-corrected chi connectivity index (χ1v) is 9.38. The first-order valence-electron chi connectivity index (χ1n) is 9.96. The van der Waals surface area contributed by atoms with Crippen LogP contribution in [0, 0.1) is 0 Å². The maximum absolute atomic E-state index is 9.01. The van der Waals surface area contributed by atoms with Gasteiger partial charge in [0.1, 0.15) is 0 Å². The Bertz CT molecular complexity index is 971. The lowest BCUT2D eigenvalue weighted by Gasteiger charge is -2.37. The molecule has 5 heteroatoms. The molecule has 0 bridgehead atoms. The van der Waals surface area contributed by atoms with E-state index in [1.54, 1.807) is 7.11 Å². The molecule has 1 atom stereocenters. The summed E-state index contributed by atoms with van der Waals surface area (Å²) >= 11 is 0. The Morgan fingerprint density at radius 2 is 2.07 bits per heavy atom. The molecule has 0 saturated carbocycles. The monoisotopic (exact) mass is 366 g/mol. The van der Waals surface area contributed by atoms with Crippen LogP contribution in [-0.4, -0.2) is 32.0 Å². The third-order valence-electron chi connectivity index (χ3n) is 5.25. The molecule has 3 aliphatic heterocycles. The molecule has 0 unspecified atom stereocenters. The van der Waals surface area contributed by atoms with E-state index in [9.17, 15) is 0 Å². The molecule has 0 aromatic heterocycles. The Morgan fingerprint density at radius 3 is 2.89 bits per heavy atom. The van der Waals surface area contributed by atoms with Gasteiger partial charge in [0.15, 0.2) is 23.0 Å². The third kappa shape index (κ3) is 2.60. The second kappa shape index (κ2) is 6.41. The van der Waals surface area contributed by atoms with Gasteiger partial charge in [-0.3, -0.25) is 0 Å². The highest BCUT2D eigenvalue weighted by Gasteiger charge is 2.30. The largest absolute Gasteiger partial charge is 0.493 e. The zero-order valence-corrected chi connectivity index (χ0v) is 15.6. The van der Waals surface area contributed by atoms with E-state index in [1.807, 2.05) is 18.2 Å². The van der Waals surface area contributed by atoms with Crippen LogP contribution >= 0.6 is 0 Å². The molecule has 5 rings (SSSR count). The molecule has 0 aliphatic carbocycles. The van der Waals surface area contributed by atoms with Gasteiger partial charge in [0.05, 0.1) is 15.1 Å². The summed E-state index contributed by atoms with van der Waals surface area (Å²) in [4.78, 5) is 2.13. The summed E-state index contributed by atoms with van der Waals surface area (Å²) in [7, 11) is 1.64. The predicted octanol–water partition coefficient (Wildman–Crippen LogP) is 4.08. The fraction of sp³-hybridized carbons (Fsp3) is 0.364. The number of ether oxygens (including phenoxy) is 4. The minimum absolute atomic E-state index is 0.267. The smallest absolute Gasteiger partial charge is 0.231 e. The van der Waals surface area contributed by atoms with Crippen LogP contribution in [0.25, 0.3) is 11.8 Å². The van der Waals surface area contributed by atoms with Crippen molar-refractivity contribution in [3.05, 3.63) is 46.5 Å². The number of fused-ring (bicyclic) bond motifs is 5. The maximum Gasteiger partial charge on any atom is 0.231 e. The van der Waals surface area contributed by atoms with Crippen molar-refractivity contribution in [3.63, 3.8) is 0 Å². The van der Waals surface area contributed by atoms with E-state index in [1.165, 1.54) is 5.56 Å². The van der Waals surface area contributed by atoms with Crippen molar-refractivity contribution in [1.82, 2.24) is 4.90 Å². The summed E-state index contributed by atoms with van der Waals surface area (Å²) < 4.78 is 31.7. The standard InChI is InChI=1S/C22H23NO4/c1-3-8-25-22-17-12-23-7-6-15-10-20-21(27-13-26-20)11-16(15)18(23)9-14(17)4-5-19(22)24-2/h4-5,9-11H,3,6-8,12-13H2,1-2H3/i12D/t12-/m1/s1. The lowest BCUT2D eigenvalue weighted by Crippen LogP contribution is -2.31. The van der Waals surface area contributed by atoms with Gasteiger partial charge in [-0.1, -0.05) is 13.0 Å². The minimum Gasteiger partial charge on any atom is -0.493 e. The van der Waals surface area contributed by atoms with Crippen LogP contribution in [0.2, 0.25) is 0 Å². The van der Waals surface area contributed by atoms with E-state index in [4.69, 9.17) is 20.3 Å². The highest BCUT2D eigenvalue weighted by molar-refractivity contribution is 5.87. The van der Waals surface area contributed by atoms with Crippen LogP contribution < -0.4 is 18.9 Å². The summed E-state index contributed by atoms with van der Waals surface area (Å²) in [5.41, 5.74) is 5.28. The molecule has 0 fully saturated rings. The van der Waals surface area contributed by atoms with Crippen LogP contribution in [0.3, 0.4) is 0 Å². The number of nitrogens with zero attached hydrogens (tertiary/aromatic N) is 1. The van der Waals surface area contributed by atoms with Crippen molar-refractivity contribution in [2.75, 3.05) is 27.1 Å². The van der Waals surface area contributed by atoms with Crippen LogP contribution in [0.5, 0.6) is 23.0 Å². The van der Waals surface area contributed by atoms with Gasteiger partial charge in [-0.2, -0.15) is 0 Å². The van der Waals surface area contributed by atoms with Gasteiger partial charge in [-0.25, -0.2) is 0 Å². The van der Waals surface area contributed by atoms with E-state index in [-0.39, 0.29) is 6.79 Å². The molecule has 0 N–H and O–H groups in total. The van der Waals surface area contributed by atoms with Gasteiger partial charge in [0.25, 0.3) is 0 Å². The summed E-state index contributed by atoms with van der Waals surface area (Å²) in [6.07, 6.45) is 3.92. The van der Waals surface area contributed by atoms with Gasteiger partial charge in [0.2, 0.25) is 6.79 Å². The number of hydrogen-bond donors (Lipinski definition) is 0. The maximum atomic E-state index is 9.01. The topological polar surface area (TPSA) is 40.2 Å². The van der Waals surface area contributed by atoms with Gasteiger partial charge < -0.3 is 23.8 Å². The normalized spacial score (nSPS) is 19.5.